The Labute approximate surface area is 136 Å². The van der Waals surface area contributed by atoms with E-state index in [0.717, 1.165) is 0 Å². The highest BCUT2D eigenvalue weighted by atomic mass is 32.2. The number of rotatable bonds is 4. The number of fused-ring (bicyclic) bond motifs is 1. The van der Waals surface area contributed by atoms with Crippen LogP contribution in [0.1, 0.15) is 13.3 Å². The van der Waals surface area contributed by atoms with Crippen molar-refractivity contribution in [1.82, 2.24) is 4.90 Å². The van der Waals surface area contributed by atoms with Gasteiger partial charge < -0.3 is 10.2 Å². The average molecular weight is 365 g/mol. The van der Waals surface area contributed by atoms with Crippen LogP contribution >= 0.6 is 23.5 Å². The Hall–Kier alpha value is -0.710. The minimum absolute atomic E-state index is 0.0348. The minimum atomic E-state index is -3.04. The molecule has 7 nitrogen and oxygen atoms in total. The van der Waals surface area contributed by atoms with E-state index in [4.69, 9.17) is 0 Å². The van der Waals surface area contributed by atoms with Crippen LogP contribution < -0.4 is 0 Å². The molecule has 0 bridgehead atoms. The quantitative estimate of drug-likeness (QED) is 0.673. The van der Waals surface area contributed by atoms with Crippen LogP contribution in [0.2, 0.25) is 0 Å². The Bertz CT molecular complexity index is 670. The maximum atomic E-state index is 12.0. The molecule has 0 spiro atoms. The Kier molecular flexibility index (Phi) is 3.99. The van der Waals surface area contributed by atoms with Gasteiger partial charge >= 0.3 is 5.97 Å². The highest BCUT2D eigenvalue weighted by Gasteiger charge is 2.58. The van der Waals surface area contributed by atoms with Crippen LogP contribution in [0.25, 0.3) is 0 Å². The van der Waals surface area contributed by atoms with Crippen LogP contribution in [0.3, 0.4) is 0 Å². The summed E-state index contributed by atoms with van der Waals surface area (Å²) in [6, 6.07) is 0. The number of β-lactam (4-membered cyclic amide) rings is 1. The van der Waals surface area contributed by atoms with Crippen molar-refractivity contribution in [3.8, 4) is 0 Å². The maximum Gasteiger partial charge on any atom is 0.354 e. The summed E-state index contributed by atoms with van der Waals surface area (Å²) < 4.78 is 23.5. The molecule has 122 valence electrons. The summed E-state index contributed by atoms with van der Waals surface area (Å²) in [5, 5.41) is 18.4. The fraction of sp³-hybridized carbons (Fsp3) is 0.667. The lowest BCUT2D eigenvalue weighted by molar-refractivity contribution is -0.156. The van der Waals surface area contributed by atoms with Crippen LogP contribution in [0, 0.1) is 5.92 Å². The highest BCUT2D eigenvalue weighted by Crippen LogP contribution is 2.55. The zero-order chi connectivity index (χ0) is 16.2. The normalized spacial score (nSPS) is 34.5. The SMILES string of the molecule is C[C@@H](O)C1C(=O)N2C(C(=O)O)=C(SC3CCS(=O)(=O)C3)S[C@@H]12. The van der Waals surface area contributed by atoms with Gasteiger partial charge in [0.2, 0.25) is 5.91 Å². The standard InChI is InChI=1S/C12H15NO6S3/c1-5(14)7-9(15)13-8(11(16)17)12(21-10(7)13)20-6-2-3-22(18,19)4-6/h5-7,10,14H,2-4H2,1H3,(H,16,17)/t5-,6?,7?,10+/m1/s1. The summed E-state index contributed by atoms with van der Waals surface area (Å²) in [6.07, 6.45) is -0.352. The molecule has 3 aliphatic heterocycles. The molecule has 3 rings (SSSR count). The smallest absolute Gasteiger partial charge is 0.354 e. The Balaban J connectivity index is 1.82. The van der Waals surface area contributed by atoms with Crippen molar-refractivity contribution in [2.45, 2.75) is 30.1 Å². The molecule has 3 aliphatic rings. The molecule has 2 saturated heterocycles. The minimum Gasteiger partial charge on any atom is -0.477 e. The number of sulfone groups is 1. The number of carbonyl (C=O) groups is 2. The fourth-order valence-corrected chi connectivity index (χ4v) is 8.51. The van der Waals surface area contributed by atoms with E-state index in [0.29, 0.717) is 10.7 Å². The summed E-state index contributed by atoms with van der Waals surface area (Å²) in [4.78, 5) is 24.7. The average Bonchev–Trinajstić information content (AvgIpc) is 2.87. The van der Waals surface area contributed by atoms with Crippen LogP contribution in [0.4, 0.5) is 0 Å². The van der Waals surface area contributed by atoms with Gasteiger partial charge in [-0.2, -0.15) is 0 Å². The first-order chi connectivity index (χ1) is 10.2. The summed E-state index contributed by atoms with van der Waals surface area (Å²) in [5.74, 6) is -2.04. The van der Waals surface area contributed by atoms with E-state index in [1.165, 1.54) is 35.3 Å². The molecule has 0 saturated carbocycles. The molecule has 0 aromatic rings. The first kappa shape index (κ1) is 16.2. The highest BCUT2D eigenvalue weighted by molar-refractivity contribution is 8.23. The van der Waals surface area contributed by atoms with Crippen molar-refractivity contribution in [3.63, 3.8) is 0 Å². The molecule has 0 aromatic carbocycles. The molecule has 1 amide bonds. The fourth-order valence-electron chi connectivity index (χ4n) is 2.84. The van der Waals surface area contributed by atoms with Crippen molar-refractivity contribution in [2.24, 2.45) is 5.92 Å². The lowest BCUT2D eigenvalue weighted by atomic mass is 9.92. The lowest BCUT2D eigenvalue weighted by Crippen LogP contribution is -2.60. The number of aliphatic hydroxyl groups excluding tert-OH is 1. The van der Waals surface area contributed by atoms with E-state index in [9.17, 15) is 28.2 Å². The van der Waals surface area contributed by atoms with Gasteiger partial charge in [0.15, 0.2) is 15.5 Å². The van der Waals surface area contributed by atoms with Crippen molar-refractivity contribution in [3.05, 3.63) is 9.93 Å². The van der Waals surface area contributed by atoms with Crippen LogP contribution in [0.15, 0.2) is 9.93 Å². The molecule has 0 radical (unpaired) electrons. The molecule has 4 atom stereocenters. The Morgan fingerprint density at radius 2 is 2.18 bits per heavy atom. The summed E-state index contributed by atoms with van der Waals surface area (Å²) in [6.45, 7) is 1.51. The number of amides is 1. The number of carbonyl (C=O) groups excluding carboxylic acids is 1. The monoisotopic (exact) mass is 365 g/mol. The number of hydrogen-bond donors (Lipinski definition) is 2. The van der Waals surface area contributed by atoms with Gasteiger partial charge in [-0.25, -0.2) is 13.2 Å². The van der Waals surface area contributed by atoms with Gasteiger partial charge in [-0.15, -0.1) is 11.8 Å². The topological polar surface area (TPSA) is 112 Å². The Morgan fingerprint density at radius 1 is 1.50 bits per heavy atom. The number of carboxylic acids is 1. The number of thioether (sulfide) groups is 2. The van der Waals surface area contributed by atoms with E-state index in [1.807, 2.05) is 0 Å². The van der Waals surface area contributed by atoms with Crippen molar-refractivity contribution < 1.29 is 28.2 Å². The number of aliphatic carboxylic acids is 1. The number of carboxylic acid groups (broad SMARTS) is 1. The second kappa shape index (κ2) is 5.43. The van der Waals surface area contributed by atoms with Gasteiger partial charge in [0.25, 0.3) is 0 Å². The zero-order valence-electron chi connectivity index (χ0n) is 11.6. The van der Waals surface area contributed by atoms with Crippen LogP contribution in [-0.4, -0.2) is 63.6 Å². The summed E-state index contributed by atoms with van der Waals surface area (Å²) in [5.41, 5.74) is -0.0776. The van der Waals surface area contributed by atoms with Crippen molar-refractivity contribution in [1.29, 1.82) is 0 Å². The van der Waals surface area contributed by atoms with Crippen molar-refractivity contribution in [2.75, 3.05) is 11.5 Å². The molecule has 2 N–H and O–H groups in total. The predicted molar refractivity (Wildman–Crippen MR) is 82.7 cm³/mol. The van der Waals surface area contributed by atoms with Gasteiger partial charge in [-0.3, -0.25) is 9.69 Å². The summed E-state index contributed by atoms with van der Waals surface area (Å²) >= 11 is 2.46. The lowest BCUT2D eigenvalue weighted by Gasteiger charge is -2.43. The third kappa shape index (κ3) is 2.55. The van der Waals surface area contributed by atoms with Gasteiger partial charge in [-0.05, 0) is 13.3 Å². The van der Waals surface area contributed by atoms with E-state index < -0.39 is 33.2 Å². The maximum absolute atomic E-state index is 12.0. The molecule has 10 heteroatoms. The largest absolute Gasteiger partial charge is 0.477 e. The molecule has 2 unspecified atom stereocenters. The molecule has 0 aromatic heterocycles. The molecule has 2 fully saturated rings. The zero-order valence-corrected chi connectivity index (χ0v) is 14.1. The molecule has 22 heavy (non-hydrogen) atoms. The number of nitrogens with zero attached hydrogens (tertiary/aromatic N) is 1. The van der Waals surface area contributed by atoms with Crippen LogP contribution in [0.5, 0.6) is 0 Å². The first-order valence-corrected chi connectivity index (χ1v) is 10.3. The third-order valence-corrected chi connectivity index (χ3v) is 8.79. The van der Waals surface area contributed by atoms with Crippen LogP contribution in [-0.2, 0) is 19.4 Å². The second-order valence-corrected chi connectivity index (χ2v) is 10.5. The predicted octanol–water partition coefficient (Wildman–Crippen LogP) is 0.0725. The molecular weight excluding hydrogens is 350 g/mol. The van der Waals surface area contributed by atoms with E-state index in [-0.39, 0.29) is 28.4 Å². The first-order valence-electron chi connectivity index (χ1n) is 6.73. The van der Waals surface area contributed by atoms with Gasteiger partial charge in [0, 0.05) is 5.25 Å². The van der Waals surface area contributed by atoms with Gasteiger partial charge in [0.1, 0.15) is 5.37 Å². The van der Waals surface area contributed by atoms with Gasteiger partial charge in [0.05, 0.1) is 27.8 Å². The number of aliphatic hydroxyl groups is 1. The van der Waals surface area contributed by atoms with Crippen molar-refractivity contribution >= 4 is 45.2 Å². The third-order valence-electron chi connectivity index (χ3n) is 3.93. The molecule has 3 heterocycles. The number of hydrogen-bond acceptors (Lipinski definition) is 7. The second-order valence-electron chi connectivity index (χ2n) is 5.57. The molecule has 0 aliphatic carbocycles. The molecular formula is C12H15NO6S3. The summed E-state index contributed by atoms with van der Waals surface area (Å²) in [7, 11) is -3.04. The Morgan fingerprint density at radius 3 is 2.68 bits per heavy atom. The van der Waals surface area contributed by atoms with Gasteiger partial charge in [-0.1, -0.05) is 11.8 Å². The van der Waals surface area contributed by atoms with E-state index in [2.05, 4.69) is 0 Å². The van der Waals surface area contributed by atoms with E-state index in [1.54, 1.807) is 0 Å². The van der Waals surface area contributed by atoms with E-state index >= 15 is 0 Å².